The zero-order valence-corrected chi connectivity index (χ0v) is 11.6. The molecule has 1 aromatic carbocycles. The Balaban J connectivity index is 2.11. The van der Waals surface area contributed by atoms with Crippen LogP contribution in [0.5, 0.6) is 11.5 Å². The van der Waals surface area contributed by atoms with Gasteiger partial charge in [-0.3, -0.25) is 9.59 Å². The van der Waals surface area contributed by atoms with E-state index in [1.807, 2.05) is 0 Å². The zero-order valence-electron chi connectivity index (χ0n) is 11.6. The Labute approximate surface area is 122 Å². The normalized spacial score (nSPS) is 17.1. The predicted molar refractivity (Wildman–Crippen MR) is 75.3 cm³/mol. The highest BCUT2D eigenvalue weighted by atomic mass is 16.4. The number of benzene rings is 1. The Morgan fingerprint density at radius 1 is 1.10 bits per heavy atom. The molecule has 6 heteroatoms. The van der Waals surface area contributed by atoms with Gasteiger partial charge in [-0.05, 0) is 25.0 Å². The van der Waals surface area contributed by atoms with E-state index in [0.717, 1.165) is 19.3 Å². The van der Waals surface area contributed by atoms with E-state index in [-0.39, 0.29) is 23.6 Å². The monoisotopic (exact) mass is 293 g/mol. The Kier molecular flexibility index (Phi) is 4.35. The van der Waals surface area contributed by atoms with Gasteiger partial charge in [0.2, 0.25) is 0 Å². The quantitative estimate of drug-likeness (QED) is 0.678. The van der Waals surface area contributed by atoms with Crippen LogP contribution in [0.1, 0.15) is 42.5 Å². The highest BCUT2D eigenvalue weighted by Gasteiger charge is 2.40. The molecule has 1 fully saturated rings. The number of carboxylic acids is 1. The molecule has 0 heterocycles. The van der Waals surface area contributed by atoms with Crippen molar-refractivity contribution in [3.8, 4) is 11.5 Å². The second-order valence-electron chi connectivity index (χ2n) is 5.50. The maximum atomic E-state index is 12.1. The summed E-state index contributed by atoms with van der Waals surface area (Å²) in [5, 5.41) is 31.2. The number of hydrogen-bond donors (Lipinski definition) is 4. The molecule has 1 aliphatic rings. The molecule has 1 saturated carbocycles. The summed E-state index contributed by atoms with van der Waals surface area (Å²) < 4.78 is 0. The molecule has 4 N–H and O–H groups in total. The molecule has 2 rings (SSSR count). The minimum absolute atomic E-state index is 0.00502. The van der Waals surface area contributed by atoms with Crippen LogP contribution in [0.15, 0.2) is 18.2 Å². The Bertz CT molecular complexity index is 529. The number of carbonyl (C=O) groups excluding carboxylic acids is 1. The lowest BCUT2D eigenvalue weighted by Crippen LogP contribution is -2.44. The number of aliphatic carboxylic acids is 1. The van der Waals surface area contributed by atoms with E-state index in [1.54, 1.807) is 0 Å². The standard InChI is InChI=1S/C15H19NO5/c17-10-5-4-6-11(18)12(10)13(19)16-9-15(14(20)21)7-2-1-3-8-15/h4-6,17-18H,1-3,7-9H2,(H,16,19)(H,20,21). The van der Waals surface area contributed by atoms with Gasteiger partial charge in [0.05, 0.1) is 5.41 Å². The van der Waals surface area contributed by atoms with Gasteiger partial charge < -0.3 is 20.6 Å². The van der Waals surface area contributed by atoms with Crippen LogP contribution in [0.25, 0.3) is 0 Å². The molecule has 0 bridgehead atoms. The summed E-state index contributed by atoms with van der Waals surface area (Å²) in [5.41, 5.74) is -1.18. The second kappa shape index (κ2) is 6.03. The van der Waals surface area contributed by atoms with Crippen molar-refractivity contribution in [2.45, 2.75) is 32.1 Å². The van der Waals surface area contributed by atoms with Crippen molar-refractivity contribution in [3.05, 3.63) is 23.8 Å². The van der Waals surface area contributed by atoms with Crippen molar-refractivity contribution >= 4 is 11.9 Å². The Hall–Kier alpha value is -2.24. The van der Waals surface area contributed by atoms with Gasteiger partial charge >= 0.3 is 5.97 Å². The van der Waals surface area contributed by atoms with Crippen molar-refractivity contribution in [1.82, 2.24) is 5.32 Å². The van der Waals surface area contributed by atoms with Crippen LogP contribution in [0, 0.1) is 5.41 Å². The van der Waals surface area contributed by atoms with Crippen LogP contribution in [-0.4, -0.2) is 33.7 Å². The van der Waals surface area contributed by atoms with Gasteiger partial charge in [-0.15, -0.1) is 0 Å². The first-order valence-corrected chi connectivity index (χ1v) is 6.99. The van der Waals surface area contributed by atoms with E-state index in [2.05, 4.69) is 5.32 Å². The van der Waals surface area contributed by atoms with E-state index >= 15 is 0 Å². The molecule has 0 atom stereocenters. The molecule has 0 aromatic heterocycles. The number of rotatable bonds is 4. The molecular formula is C15H19NO5. The minimum Gasteiger partial charge on any atom is -0.507 e. The number of amides is 1. The molecule has 1 aromatic rings. The van der Waals surface area contributed by atoms with Gasteiger partial charge in [0.15, 0.2) is 0 Å². The summed E-state index contributed by atoms with van der Waals surface area (Å²) in [7, 11) is 0. The molecule has 0 unspecified atom stereocenters. The first-order chi connectivity index (χ1) is 9.96. The highest BCUT2D eigenvalue weighted by molar-refractivity contribution is 5.99. The molecule has 0 aliphatic heterocycles. The van der Waals surface area contributed by atoms with Gasteiger partial charge in [0.25, 0.3) is 5.91 Å². The van der Waals surface area contributed by atoms with Crippen LogP contribution in [0.2, 0.25) is 0 Å². The largest absolute Gasteiger partial charge is 0.507 e. The van der Waals surface area contributed by atoms with Crippen molar-refractivity contribution < 1.29 is 24.9 Å². The SMILES string of the molecule is O=C(NCC1(C(=O)O)CCCCC1)c1c(O)cccc1O. The number of hydrogen-bond acceptors (Lipinski definition) is 4. The average Bonchev–Trinajstić information content (AvgIpc) is 2.46. The Morgan fingerprint density at radius 3 is 2.19 bits per heavy atom. The van der Waals surface area contributed by atoms with E-state index < -0.39 is 17.3 Å². The third kappa shape index (κ3) is 3.09. The lowest BCUT2D eigenvalue weighted by molar-refractivity contribution is -0.150. The summed E-state index contributed by atoms with van der Waals surface area (Å²) in [4.78, 5) is 23.6. The van der Waals surface area contributed by atoms with Crippen LogP contribution in [0.3, 0.4) is 0 Å². The fourth-order valence-electron chi connectivity index (χ4n) is 2.79. The van der Waals surface area contributed by atoms with Gasteiger partial charge in [-0.2, -0.15) is 0 Å². The first-order valence-electron chi connectivity index (χ1n) is 6.99. The molecular weight excluding hydrogens is 274 g/mol. The maximum Gasteiger partial charge on any atom is 0.311 e. The maximum absolute atomic E-state index is 12.1. The summed E-state index contributed by atoms with van der Waals surface area (Å²) >= 11 is 0. The predicted octanol–water partition coefficient (Wildman–Crippen LogP) is 1.86. The summed E-state index contributed by atoms with van der Waals surface area (Å²) in [5.74, 6) is -2.25. The van der Waals surface area contributed by atoms with Gasteiger partial charge in [0, 0.05) is 6.54 Å². The lowest BCUT2D eigenvalue weighted by Gasteiger charge is -2.33. The van der Waals surface area contributed by atoms with E-state index in [1.165, 1.54) is 18.2 Å². The minimum atomic E-state index is -0.950. The number of carboxylic acid groups (broad SMARTS) is 1. The summed E-state index contributed by atoms with van der Waals surface area (Å²) in [6, 6.07) is 4.01. The Morgan fingerprint density at radius 2 is 1.67 bits per heavy atom. The van der Waals surface area contributed by atoms with Crippen LogP contribution < -0.4 is 5.32 Å². The third-order valence-electron chi connectivity index (χ3n) is 4.10. The van der Waals surface area contributed by atoms with Crippen molar-refractivity contribution in [1.29, 1.82) is 0 Å². The van der Waals surface area contributed by atoms with E-state index in [9.17, 15) is 24.9 Å². The number of nitrogens with one attached hydrogen (secondary N) is 1. The molecule has 0 radical (unpaired) electrons. The molecule has 1 amide bonds. The highest BCUT2D eigenvalue weighted by Crippen LogP contribution is 2.36. The average molecular weight is 293 g/mol. The van der Waals surface area contributed by atoms with Crippen LogP contribution in [0.4, 0.5) is 0 Å². The first kappa shape index (κ1) is 15.2. The zero-order chi connectivity index (χ0) is 15.5. The molecule has 1 aliphatic carbocycles. The summed E-state index contributed by atoms with van der Waals surface area (Å²) in [6.45, 7) is -0.00502. The number of aromatic hydroxyl groups is 2. The number of phenols is 2. The number of carbonyl (C=O) groups is 2. The van der Waals surface area contributed by atoms with Crippen molar-refractivity contribution in [2.24, 2.45) is 5.41 Å². The van der Waals surface area contributed by atoms with E-state index in [4.69, 9.17) is 0 Å². The lowest BCUT2D eigenvalue weighted by atomic mass is 9.74. The molecule has 0 spiro atoms. The van der Waals surface area contributed by atoms with E-state index in [0.29, 0.717) is 12.8 Å². The van der Waals surface area contributed by atoms with Crippen molar-refractivity contribution in [2.75, 3.05) is 6.54 Å². The van der Waals surface area contributed by atoms with Crippen LogP contribution >= 0.6 is 0 Å². The third-order valence-corrected chi connectivity index (χ3v) is 4.10. The van der Waals surface area contributed by atoms with Gasteiger partial charge in [-0.25, -0.2) is 0 Å². The second-order valence-corrected chi connectivity index (χ2v) is 5.50. The smallest absolute Gasteiger partial charge is 0.311 e. The molecule has 21 heavy (non-hydrogen) atoms. The van der Waals surface area contributed by atoms with Gasteiger partial charge in [-0.1, -0.05) is 25.3 Å². The van der Waals surface area contributed by atoms with Crippen LogP contribution in [-0.2, 0) is 4.79 Å². The number of phenolic OH excluding ortho intramolecular Hbond substituents is 2. The summed E-state index contributed by atoms with van der Waals surface area (Å²) in [6.07, 6.45) is 3.70. The fraction of sp³-hybridized carbons (Fsp3) is 0.467. The molecule has 6 nitrogen and oxygen atoms in total. The topological polar surface area (TPSA) is 107 Å². The fourth-order valence-corrected chi connectivity index (χ4v) is 2.79. The van der Waals surface area contributed by atoms with Crippen molar-refractivity contribution in [3.63, 3.8) is 0 Å². The molecule has 0 saturated heterocycles. The molecule has 114 valence electrons. The van der Waals surface area contributed by atoms with Gasteiger partial charge in [0.1, 0.15) is 17.1 Å².